The molecule has 6 N–H and O–H groups in total. The number of benzene rings is 2. The van der Waals surface area contributed by atoms with Crippen LogP contribution in [0.4, 0.5) is 9.59 Å². The number of ether oxygens (including phenoxy) is 6. The first kappa shape index (κ1) is 47.8. The quantitative estimate of drug-likeness (QED) is 0.117. The Morgan fingerprint density at radius 3 is 1.70 bits per heavy atom. The lowest BCUT2D eigenvalue weighted by atomic mass is 9.81. The second-order valence-electron chi connectivity index (χ2n) is 17.0. The van der Waals surface area contributed by atoms with Gasteiger partial charge in [0.25, 0.3) is 5.91 Å². The second-order valence-corrected chi connectivity index (χ2v) is 17.0. The Labute approximate surface area is 396 Å². The number of aromatic nitrogens is 6. The summed E-state index contributed by atoms with van der Waals surface area (Å²) in [6.07, 6.45) is 6.68. The van der Waals surface area contributed by atoms with Crippen LogP contribution in [0.5, 0.6) is 23.3 Å². The molecule has 0 bridgehead atoms. The molecule has 4 aromatic heterocycles. The number of pyridine rings is 2. The molecule has 21 heteroatoms. The largest absolute Gasteiger partial charge is 0.485 e. The molecule has 69 heavy (non-hydrogen) atoms. The van der Waals surface area contributed by atoms with Crippen LogP contribution >= 0.6 is 0 Å². The predicted octanol–water partition coefficient (Wildman–Crippen LogP) is 6.34. The SMILES string of the molecule is CCOC(=O)N1CCC2(CC1)CC(N)c1nc(OC)ccc1O2.CCOC(=O)N1CCC2(CC1)CC(NC(=O)c1cccc3cn[nH]c13)c1nc(OC)ccc1O2.O=C(O)c1cccc2cn[nH]c12. The number of hydrogen-bond acceptors (Lipinski definition) is 15. The number of nitrogens with one attached hydrogen (secondary N) is 3. The van der Waals surface area contributed by atoms with E-state index in [1.807, 2.05) is 37.3 Å². The van der Waals surface area contributed by atoms with Crippen molar-refractivity contribution in [1.29, 1.82) is 0 Å². The molecule has 2 saturated heterocycles. The van der Waals surface area contributed by atoms with Crippen LogP contribution in [0, 0.1) is 0 Å². The smallest absolute Gasteiger partial charge is 0.409 e. The number of amides is 3. The maximum absolute atomic E-state index is 13.3. The van der Waals surface area contributed by atoms with Crippen LogP contribution in [0.3, 0.4) is 0 Å². The molecule has 2 unspecified atom stereocenters. The third kappa shape index (κ3) is 10.4. The van der Waals surface area contributed by atoms with Gasteiger partial charge in [-0.15, -0.1) is 0 Å². The highest BCUT2D eigenvalue weighted by atomic mass is 16.6. The number of likely N-dealkylation sites (tertiary alicyclic amines) is 2. The third-order valence-corrected chi connectivity index (χ3v) is 12.8. The van der Waals surface area contributed by atoms with Crippen molar-refractivity contribution in [2.45, 2.75) is 75.7 Å². The lowest BCUT2D eigenvalue weighted by molar-refractivity contribution is -0.0247. The van der Waals surface area contributed by atoms with Gasteiger partial charge in [-0.25, -0.2) is 24.4 Å². The van der Waals surface area contributed by atoms with Crippen molar-refractivity contribution >= 4 is 45.9 Å². The zero-order valence-corrected chi connectivity index (χ0v) is 38.9. The molecule has 2 spiro atoms. The number of carbonyl (C=O) groups is 4. The standard InChI is InChI=1S/C24H27N5O5.C16H23N3O4.C8H6N2O2/c1-3-33-23(31)29-11-9-24(10-12-29)13-17(21-18(34-24)7-8-19(27-21)32-2)26-22(30)16-6-4-5-15-14-25-28-20(15)16;1-3-22-15(20)19-8-6-16(7-9-19)10-11(17)14-12(23-16)4-5-13(18-14)21-2;11-8(12)6-3-1-2-5-4-9-10-7(5)6/h4-8,14,17H,3,9-13H2,1-2H3,(H,25,28)(H,26,30);4-5,11H,3,6-10,17H2,1-2H3;1-4H,(H,9,10)(H,11,12). The van der Waals surface area contributed by atoms with E-state index in [1.54, 1.807) is 73.7 Å². The Kier molecular flexibility index (Phi) is 14.3. The number of carbonyl (C=O) groups excluding carboxylic acids is 3. The molecule has 364 valence electrons. The molecular weight excluding hydrogens is 893 g/mol. The Hall–Kier alpha value is -7.68. The molecule has 0 radical (unpaired) electrons. The molecule has 2 atom stereocenters. The Balaban J connectivity index is 0.000000157. The van der Waals surface area contributed by atoms with Crippen LogP contribution in [0.2, 0.25) is 0 Å². The highest BCUT2D eigenvalue weighted by Gasteiger charge is 2.46. The van der Waals surface area contributed by atoms with Gasteiger partial charge in [-0.3, -0.25) is 15.0 Å². The number of fused-ring (bicyclic) bond motifs is 4. The van der Waals surface area contributed by atoms with E-state index in [4.69, 9.17) is 39.3 Å². The summed E-state index contributed by atoms with van der Waals surface area (Å²) in [5.41, 5.74) is 8.85. The fraction of sp³-hybridized carbons (Fsp3) is 0.417. The van der Waals surface area contributed by atoms with Gasteiger partial charge in [-0.05, 0) is 38.1 Å². The summed E-state index contributed by atoms with van der Waals surface area (Å²) >= 11 is 0. The molecule has 0 saturated carbocycles. The Bertz CT molecular complexity index is 2800. The number of aromatic carboxylic acids is 1. The lowest BCUT2D eigenvalue weighted by Gasteiger charge is -2.46. The van der Waals surface area contributed by atoms with Crippen molar-refractivity contribution in [3.05, 3.63) is 95.6 Å². The van der Waals surface area contributed by atoms with Crippen LogP contribution in [-0.4, -0.2) is 134 Å². The number of aromatic amines is 2. The zero-order chi connectivity index (χ0) is 48.7. The van der Waals surface area contributed by atoms with Crippen molar-refractivity contribution in [2.24, 2.45) is 5.73 Å². The van der Waals surface area contributed by atoms with E-state index < -0.39 is 17.6 Å². The number of para-hydroxylation sites is 2. The topological polar surface area (TPSA) is 272 Å². The minimum absolute atomic E-state index is 0.192. The van der Waals surface area contributed by atoms with E-state index in [-0.39, 0.29) is 35.3 Å². The van der Waals surface area contributed by atoms with Crippen molar-refractivity contribution in [2.75, 3.05) is 53.6 Å². The summed E-state index contributed by atoms with van der Waals surface area (Å²) in [5.74, 6) is 1.15. The van der Waals surface area contributed by atoms with Gasteiger partial charge >= 0.3 is 18.2 Å². The molecule has 2 fully saturated rings. The Morgan fingerprint density at radius 2 is 1.19 bits per heavy atom. The van der Waals surface area contributed by atoms with E-state index >= 15 is 0 Å². The average Bonchev–Trinajstić information content (AvgIpc) is 4.06. The fourth-order valence-electron chi connectivity index (χ4n) is 9.21. The number of hydrogen-bond donors (Lipinski definition) is 5. The number of nitrogens with two attached hydrogens (primary N) is 1. The van der Waals surface area contributed by atoms with Gasteiger partial charge in [0, 0.05) is 87.6 Å². The van der Waals surface area contributed by atoms with Crippen LogP contribution in [0.1, 0.15) is 96.6 Å². The van der Waals surface area contributed by atoms with Gasteiger partial charge in [-0.1, -0.05) is 24.3 Å². The average molecular weight is 949 g/mol. The van der Waals surface area contributed by atoms with Gasteiger partial charge < -0.3 is 54.4 Å². The van der Waals surface area contributed by atoms with E-state index in [9.17, 15) is 19.2 Å². The highest BCUT2D eigenvalue weighted by molar-refractivity contribution is 6.05. The summed E-state index contributed by atoms with van der Waals surface area (Å²) < 4.78 is 33.4. The monoisotopic (exact) mass is 948 g/mol. The van der Waals surface area contributed by atoms with Crippen LogP contribution < -0.4 is 30.0 Å². The number of nitrogens with zero attached hydrogens (tertiary/aromatic N) is 6. The first-order valence-corrected chi connectivity index (χ1v) is 22.8. The van der Waals surface area contributed by atoms with Crippen LogP contribution in [0.15, 0.2) is 73.1 Å². The molecule has 21 nitrogen and oxygen atoms in total. The first-order chi connectivity index (χ1) is 33.4. The minimum atomic E-state index is -0.940. The summed E-state index contributed by atoms with van der Waals surface area (Å²) in [6.45, 7) is 6.61. The molecule has 10 rings (SSSR count). The van der Waals surface area contributed by atoms with Crippen LogP contribution in [0.25, 0.3) is 21.8 Å². The van der Waals surface area contributed by atoms with Gasteiger partial charge in [-0.2, -0.15) is 10.2 Å². The number of carboxylic acids is 1. The van der Waals surface area contributed by atoms with Gasteiger partial charge in [0.1, 0.15) is 34.1 Å². The number of H-pyrrole nitrogens is 2. The summed E-state index contributed by atoms with van der Waals surface area (Å²) in [5, 5.41) is 26.9. The molecule has 8 heterocycles. The van der Waals surface area contributed by atoms with Crippen molar-refractivity contribution in [3.63, 3.8) is 0 Å². The summed E-state index contributed by atoms with van der Waals surface area (Å²) in [4.78, 5) is 60.4. The van der Waals surface area contributed by atoms with Crippen molar-refractivity contribution in [1.82, 2.24) is 45.5 Å². The van der Waals surface area contributed by atoms with Gasteiger partial charge in [0.05, 0.1) is 74.1 Å². The van der Waals surface area contributed by atoms with E-state index in [2.05, 4.69) is 35.7 Å². The van der Waals surface area contributed by atoms with Crippen molar-refractivity contribution < 1.29 is 52.7 Å². The summed E-state index contributed by atoms with van der Waals surface area (Å²) in [6, 6.07) is 17.2. The van der Waals surface area contributed by atoms with Gasteiger partial charge in [0.15, 0.2) is 0 Å². The molecule has 4 aliphatic heterocycles. The van der Waals surface area contributed by atoms with E-state index in [1.165, 1.54) is 0 Å². The first-order valence-electron chi connectivity index (χ1n) is 22.8. The number of piperidine rings is 2. The fourth-order valence-corrected chi connectivity index (χ4v) is 9.21. The van der Waals surface area contributed by atoms with Crippen molar-refractivity contribution in [3.8, 4) is 23.3 Å². The zero-order valence-electron chi connectivity index (χ0n) is 38.9. The molecular formula is C48H56N10O11. The molecule has 6 aromatic rings. The number of carboxylic acid groups (broad SMARTS) is 1. The maximum atomic E-state index is 13.3. The molecule has 3 amide bonds. The molecule has 4 aliphatic rings. The number of rotatable bonds is 7. The predicted molar refractivity (Wildman–Crippen MR) is 249 cm³/mol. The molecule has 2 aromatic carbocycles. The lowest BCUT2D eigenvalue weighted by Crippen LogP contribution is -2.53. The van der Waals surface area contributed by atoms with Gasteiger partial charge in [0.2, 0.25) is 11.8 Å². The second kappa shape index (κ2) is 20.7. The highest BCUT2D eigenvalue weighted by Crippen LogP contribution is 2.45. The van der Waals surface area contributed by atoms with E-state index in [0.717, 1.165) is 29.3 Å². The van der Waals surface area contributed by atoms with E-state index in [0.29, 0.717) is 111 Å². The summed E-state index contributed by atoms with van der Waals surface area (Å²) in [7, 11) is 3.13. The van der Waals surface area contributed by atoms with Crippen LogP contribution in [-0.2, 0) is 9.47 Å². The molecule has 0 aliphatic carbocycles. The number of methoxy groups -OCH3 is 2. The Morgan fingerprint density at radius 1 is 0.710 bits per heavy atom. The minimum Gasteiger partial charge on any atom is -0.485 e. The maximum Gasteiger partial charge on any atom is 0.409 e. The third-order valence-electron chi connectivity index (χ3n) is 12.8. The normalized spacial score (nSPS) is 18.4.